The third-order valence-corrected chi connectivity index (χ3v) is 4.14. The molecule has 25 heavy (non-hydrogen) atoms. The summed E-state index contributed by atoms with van der Waals surface area (Å²) in [4.78, 5) is 12.3. The van der Waals surface area contributed by atoms with Crippen LogP contribution in [-0.2, 0) is 4.79 Å². The van der Waals surface area contributed by atoms with Gasteiger partial charge in [-0.3, -0.25) is 4.79 Å². The van der Waals surface area contributed by atoms with Gasteiger partial charge in [0.25, 0.3) is 5.91 Å². The number of hydrogen-bond acceptors (Lipinski definition) is 4. The summed E-state index contributed by atoms with van der Waals surface area (Å²) in [6.45, 7) is 0. The molecule has 1 amide bonds. The third kappa shape index (κ3) is 4.75. The Kier molecular flexibility index (Phi) is 6.45. The lowest BCUT2D eigenvalue weighted by Gasteiger charge is -2.10. The molecule has 5 nitrogen and oxygen atoms in total. The first kappa shape index (κ1) is 18.8. The van der Waals surface area contributed by atoms with E-state index in [0.29, 0.717) is 32.2 Å². The second kappa shape index (κ2) is 8.56. The predicted molar refractivity (Wildman–Crippen MR) is 101 cm³/mol. The Labute approximate surface area is 158 Å². The standard InChI is InChI=1S/C18H14BrClN2O3/c1-24-16-9-17(25-2)15(19)8-11(16)7-12(10-21)18(23)22-14-5-3-13(20)4-6-14/h3-9H,1-2H3,(H,22,23)/b12-7-. The van der Waals surface area contributed by atoms with Crippen molar-refractivity contribution >= 4 is 45.2 Å². The molecule has 0 aliphatic carbocycles. The van der Waals surface area contributed by atoms with E-state index in [9.17, 15) is 10.1 Å². The number of anilines is 1. The number of halogens is 2. The van der Waals surface area contributed by atoms with Crippen LogP contribution in [0.1, 0.15) is 5.56 Å². The quantitative estimate of drug-likeness (QED) is 0.563. The van der Waals surface area contributed by atoms with Gasteiger partial charge in [0.05, 0.1) is 18.7 Å². The average Bonchev–Trinajstić information content (AvgIpc) is 2.61. The topological polar surface area (TPSA) is 71.3 Å². The van der Waals surface area contributed by atoms with E-state index in [1.54, 1.807) is 36.4 Å². The number of amides is 1. The van der Waals surface area contributed by atoms with Gasteiger partial charge in [-0.25, -0.2) is 0 Å². The third-order valence-electron chi connectivity index (χ3n) is 3.27. The predicted octanol–water partition coefficient (Wildman–Crippen LogP) is 4.67. The van der Waals surface area contributed by atoms with Crippen LogP contribution in [0.2, 0.25) is 5.02 Å². The van der Waals surface area contributed by atoms with E-state index in [4.69, 9.17) is 21.1 Å². The molecule has 0 bridgehead atoms. The minimum absolute atomic E-state index is 0.0645. The average molecular weight is 422 g/mol. The molecular weight excluding hydrogens is 408 g/mol. The summed E-state index contributed by atoms with van der Waals surface area (Å²) >= 11 is 9.19. The van der Waals surface area contributed by atoms with Gasteiger partial charge in [-0.2, -0.15) is 5.26 Å². The van der Waals surface area contributed by atoms with Gasteiger partial charge in [0.2, 0.25) is 0 Å². The van der Waals surface area contributed by atoms with E-state index >= 15 is 0 Å². The fourth-order valence-electron chi connectivity index (χ4n) is 2.03. The van der Waals surface area contributed by atoms with Crippen molar-refractivity contribution in [1.82, 2.24) is 0 Å². The molecule has 2 rings (SSSR count). The zero-order valence-electron chi connectivity index (χ0n) is 13.5. The van der Waals surface area contributed by atoms with E-state index in [1.807, 2.05) is 6.07 Å². The number of nitrogens with zero attached hydrogens (tertiary/aromatic N) is 1. The maximum absolute atomic E-state index is 12.3. The van der Waals surface area contributed by atoms with E-state index < -0.39 is 5.91 Å². The van der Waals surface area contributed by atoms with Crippen molar-refractivity contribution in [3.05, 3.63) is 57.0 Å². The maximum Gasteiger partial charge on any atom is 0.266 e. The Balaban J connectivity index is 2.33. The molecule has 0 aliphatic rings. The van der Waals surface area contributed by atoms with E-state index in [0.717, 1.165) is 0 Å². The summed E-state index contributed by atoms with van der Waals surface area (Å²) in [7, 11) is 3.04. The normalized spacial score (nSPS) is 10.8. The van der Waals surface area contributed by atoms with Crippen LogP contribution in [0.15, 0.2) is 46.4 Å². The van der Waals surface area contributed by atoms with Gasteiger partial charge < -0.3 is 14.8 Å². The van der Waals surface area contributed by atoms with Gasteiger partial charge in [-0.15, -0.1) is 0 Å². The highest BCUT2D eigenvalue weighted by Gasteiger charge is 2.13. The number of carbonyl (C=O) groups is 1. The van der Waals surface area contributed by atoms with Crippen molar-refractivity contribution in [2.75, 3.05) is 19.5 Å². The lowest BCUT2D eigenvalue weighted by molar-refractivity contribution is -0.112. The van der Waals surface area contributed by atoms with Crippen molar-refractivity contribution in [2.45, 2.75) is 0 Å². The maximum atomic E-state index is 12.3. The van der Waals surface area contributed by atoms with Crippen LogP contribution in [0.25, 0.3) is 6.08 Å². The summed E-state index contributed by atoms with van der Waals surface area (Å²) in [5.74, 6) is 0.532. The Morgan fingerprint density at radius 2 is 1.84 bits per heavy atom. The van der Waals surface area contributed by atoms with Crippen LogP contribution in [0.3, 0.4) is 0 Å². The fourth-order valence-corrected chi connectivity index (χ4v) is 2.68. The molecule has 7 heteroatoms. The Morgan fingerprint density at radius 3 is 2.40 bits per heavy atom. The molecule has 0 atom stereocenters. The number of nitriles is 1. The first-order chi connectivity index (χ1) is 12.0. The van der Waals surface area contributed by atoms with Crippen molar-refractivity contribution < 1.29 is 14.3 Å². The highest BCUT2D eigenvalue weighted by atomic mass is 79.9. The molecule has 1 N–H and O–H groups in total. The number of methoxy groups -OCH3 is 2. The van der Waals surface area contributed by atoms with Crippen LogP contribution in [-0.4, -0.2) is 20.1 Å². The van der Waals surface area contributed by atoms with E-state index in [1.165, 1.54) is 20.3 Å². The Bertz CT molecular complexity index is 858. The Morgan fingerprint density at radius 1 is 1.20 bits per heavy atom. The smallest absolute Gasteiger partial charge is 0.266 e. The highest BCUT2D eigenvalue weighted by Crippen LogP contribution is 2.34. The fraction of sp³-hybridized carbons (Fsp3) is 0.111. The molecular formula is C18H14BrClN2O3. The van der Waals surface area contributed by atoms with Gasteiger partial charge >= 0.3 is 0 Å². The number of ether oxygens (including phenoxy) is 2. The zero-order chi connectivity index (χ0) is 18.4. The van der Waals surface area contributed by atoms with Crippen LogP contribution >= 0.6 is 27.5 Å². The first-order valence-corrected chi connectivity index (χ1v) is 8.25. The molecule has 0 aliphatic heterocycles. The van der Waals surface area contributed by atoms with Crippen molar-refractivity contribution in [1.29, 1.82) is 5.26 Å². The summed E-state index contributed by atoms with van der Waals surface area (Å²) < 4.78 is 11.2. The van der Waals surface area contributed by atoms with Crippen molar-refractivity contribution in [3.63, 3.8) is 0 Å². The molecule has 0 aromatic heterocycles. The molecule has 128 valence electrons. The molecule has 0 unspecified atom stereocenters. The van der Waals surface area contributed by atoms with Gasteiger partial charge in [-0.05, 0) is 52.3 Å². The number of carbonyl (C=O) groups excluding carboxylic acids is 1. The van der Waals surface area contributed by atoms with Gasteiger partial charge in [0.1, 0.15) is 23.1 Å². The van der Waals surface area contributed by atoms with Crippen LogP contribution < -0.4 is 14.8 Å². The highest BCUT2D eigenvalue weighted by molar-refractivity contribution is 9.10. The van der Waals surface area contributed by atoms with Gasteiger partial charge in [0.15, 0.2) is 0 Å². The Hall–Kier alpha value is -2.49. The largest absolute Gasteiger partial charge is 0.496 e. The monoisotopic (exact) mass is 420 g/mol. The summed E-state index contributed by atoms with van der Waals surface area (Å²) in [6, 6.07) is 11.9. The van der Waals surface area contributed by atoms with Crippen LogP contribution in [0.4, 0.5) is 5.69 Å². The minimum Gasteiger partial charge on any atom is -0.496 e. The molecule has 0 saturated heterocycles. The lowest BCUT2D eigenvalue weighted by atomic mass is 10.1. The lowest BCUT2D eigenvalue weighted by Crippen LogP contribution is -2.13. The number of nitrogens with one attached hydrogen (secondary N) is 1. The van der Waals surface area contributed by atoms with Gasteiger partial charge in [0, 0.05) is 22.3 Å². The van der Waals surface area contributed by atoms with Crippen LogP contribution in [0, 0.1) is 11.3 Å². The van der Waals surface area contributed by atoms with Crippen molar-refractivity contribution in [3.8, 4) is 17.6 Å². The molecule has 2 aromatic carbocycles. The molecule has 0 fully saturated rings. The number of benzene rings is 2. The van der Waals surface area contributed by atoms with E-state index in [-0.39, 0.29) is 5.57 Å². The summed E-state index contributed by atoms with van der Waals surface area (Å²) in [5, 5.41) is 12.5. The molecule has 0 radical (unpaired) electrons. The molecule has 0 saturated carbocycles. The molecule has 0 heterocycles. The zero-order valence-corrected chi connectivity index (χ0v) is 15.8. The van der Waals surface area contributed by atoms with Gasteiger partial charge in [-0.1, -0.05) is 11.6 Å². The number of rotatable bonds is 5. The van der Waals surface area contributed by atoms with Crippen LogP contribution in [0.5, 0.6) is 11.5 Å². The summed E-state index contributed by atoms with van der Waals surface area (Å²) in [6.07, 6.45) is 1.45. The second-order valence-electron chi connectivity index (χ2n) is 4.86. The first-order valence-electron chi connectivity index (χ1n) is 7.08. The SMILES string of the molecule is COc1cc(OC)c(/C=C(/C#N)C(=O)Nc2ccc(Cl)cc2)cc1Br. The van der Waals surface area contributed by atoms with Crippen molar-refractivity contribution in [2.24, 2.45) is 0 Å². The summed E-state index contributed by atoms with van der Waals surface area (Å²) in [5.41, 5.74) is 1.04. The number of hydrogen-bond donors (Lipinski definition) is 1. The molecule has 0 spiro atoms. The van der Waals surface area contributed by atoms with E-state index in [2.05, 4.69) is 21.2 Å². The molecule has 2 aromatic rings. The second-order valence-corrected chi connectivity index (χ2v) is 6.15. The minimum atomic E-state index is -0.529.